The molecule has 0 amide bonds. The maximum atomic E-state index is 10.7. The van der Waals surface area contributed by atoms with Crippen LogP contribution in [0.15, 0.2) is 0 Å². The Morgan fingerprint density at radius 1 is 1.50 bits per heavy atom. The minimum Gasteiger partial charge on any atom is -0.303 e. The highest BCUT2D eigenvalue weighted by molar-refractivity contribution is 14.1. The van der Waals surface area contributed by atoms with E-state index in [4.69, 9.17) is 0 Å². The van der Waals surface area contributed by atoms with Crippen LogP contribution >= 0.6 is 38.5 Å². The maximum absolute atomic E-state index is 10.7. The average Bonchev–Trinajstić information content (AvgIpc) is 2.10. The predicted molar refractivity (Wildman–Crippen MR) is 65.3 cm³/mol. The molecule has 3 heteroatoms. The van der Waals surface area contributed by atoms with Crippen LogP contribution in [0.1, 0.15) is 32.6 Å². The van der Waals surface area contributed by atoms with Gasteiger partial charge in [0.25, 0.3) is 0 Å². The summed E-state index contributed by atoms with van der Waals surface area (Å²) in [5.41, 5.74) is 0. The number of hydrogen-bond donors (Lipinski definition) is 0. The third kappa shape index (κ3) is 5.51. The molecule has 0 bridgehead atoms. The lowest BCUT2D eigenvalue weighted by Crippen LogP contribution is -2.15. The van der Waals surface area contributed by atoms with Crippen molar-refractivity contribution in [3.05, 3.63) is 0 Å². The molecule has 0 fully saturated rings. The molecule has 0 heterocycles. The molecule has 0 aliphatic heterocycles. The molecule has 1 nitrogen and oxygen atoms in total. The van der Waals surface area contributed by atoms with Crippen molar-refractivity contribution in [1.29, 1.82) is 0 Å². The molecule has 0 saturated carbocycles. The summed E-state index contributed by atoms with van der Waals surface area (Å²) >= 11 is 5.79. The van der Waals surface area contributed by atoms with Crippen molar-refractivity contribution in [3.8, 4) is 0 Å². The first kappa shape index (κ1) is 12.9. The van der Waals surface area contributed by atoms with Crippen molar-refractivity contribution in [3.63, 3.8) is 0 Å². The molecule has 0 radical (unpaired) electrons. The summed E-state index contributed by atoms with van der Waals surface area (Å²) in [6.45, 7) is 2.13. The lowest BCUT2D eigenvalue weighted by molar-refractivity contribution is -0.111. The number of halogens is 2. The first-order valence-corrected chi connectivity index (χ1v) is 6.78. The highest BCUT2D eigenvalue weighted by atomic mass is 127. The SMILES string of the molecule is CCCC(C=O)[C@H](I)CCCBr. The maximum Gasteiger partial charge on any atom is 0.124 e. The van der Waals surface area contributed by atoms with Crippen LogP contribution in [0, 0.1) is 5.92 Å². The zero-order valence-corrected chi connectivity index (χ0v) is 11.2. The van der Waals surface area contributed by atoms with Crippen LogP contribution in [0.5, 0.6) is 0 Å². The summed E-state index contributed by atoms with van der Waals surface area (Å²) in [6.07, 6.45) is 5.59. The number of carbonyl (C=O) groups excluding carboxylic acids is 1. The third-order valence-corrected chi connectivity index (χ3v) is 3.98. The van der Waals surface area contributed by atoms with Crippen molar-refractivity contribution >= 4 is 44.8 Å². The van der Waals surface area contributed by atoms with E-state index in [2.05, 4.69) is 45.4 Å². The van der Waals surface area contributed by atoms with Gasteiger partial charge >= 0.3 is 0 Å². The number of carbonyl (C=O) groups is 1. The Morgan fingerprint density at radius 2 is 2.17 bits per heavy atom. The highest BCUT2D eigenvalue weighted by Crippen LogP contribution is 2.21. The van der Waals surface area contributed by atoms with Crippen LogP contribution in [0.25, 0.3) is 0 Å². The van der Waals surface area contributed by atoms with Crippen LogP contribution < -0.4 is 0 Å². The molecule has 72 valence electrons. The van der Waals surface area contributed by atoms with Gasteiger partial charge in [0.05, 0.1) is 0 Å². The van der Waals surface area contributed by atoms with Crippen LogP contribution in [-0.4, -0.2) is 15.5 Å². The van der Waals surface area contributed by atoms with E-state index in [-0.39, 0.29) is 5.92 Å². The Morgan fingerprint density at radius 3 is 2.58 bits per heavy atom. The minimum absolute atomic E-state index is 0.273. The topological polar surface area (TPSA) is 17.1 Å². The largest absolute Gasteiger partial charge is 0.303 e. The Kier molecular flexibility index (Phi) is 9.10. The first-order valence-electron chi connectivity index (χ1n) is 4.41. The van der Waals surface area contributed by atoms with Gasteiger partial charge in [0.1, 0.15) is 6.29 Å². The highest BCUT2D eigenvalue weighted by Gasteiger charge is 2.16. The van der Waals surface area contributed by atoms with Gasteiger partial charge in [0.15, 0.2) is 0 Å². The second kappa shape index (κ2) is 8.48. The van der Waals surface area contributed by atoms with Crippen LogP contribution in [0.2, 0.25) is 0 Å². The van der Waals surface area contributed by atoms with E-state index in [0.29, 0.717) is 3.92 Å². The van der Waals surface area contributed by atoms with E-state index in [1.54, 1.807) is 0 Å². The Bertz CT molecular complexity index is 119. The molecular formula is C9H16BrIO. The summed E-state index contributed by atoms with van der Waals surface area (Å²) < 4.78 is 0.526. The Balaban J connectivity index is 3.68. The van der Waals surface area contributed by atoms with Gasteiger partial charge < -0.3 is 4.79 Å². The van der Waals surface area contributed by atoms with Gasteiger partial charge in [0, 0.05) is 15.2 Å². The number of hydrogen-bond acceptors (Lipinski definition) is 1. The summed E-state index contributed by atoms with van der Waals surface area (Å²) in [7, 11) is 0. The summed E-state index contributed by atoms with van der Waals surface area (Å²) in [6, 6.07) is 0. The second-order valence-electron chi connectivity index (χ2n) is 2.94. The van der Waals surface area contributed by atoms with Crippen LogP contribution in [-0.2, 0) is 4.79 Å². The van der Waals surface area contributed by atoms with Gasteiger partial charge in [-0.15, -0.1) is 0 Å². The predicted octanol–water partition coefficient (Wildman–Crippen LogP) is 3.58. The normalized spacial score (nSPS) is 15.6. The molecular weight excluding hydrogens is 331 g/mol. The van der Waals surface area contributed by atoms with Gasteiger partial charge in [-0.25, -0.2) is 0 Å². The molecule has 0 aliphatic carbocycles. The monoisotopic (exact) mass is 346 g/mol. The zero-order valence-electron chi connectivity index (χ0n) is 7.43. The van der Waals surface area contributed by atoms with Gasteiger partial charge in [-0.1, -0.05) is 51.9 Å². The summed E-state index contributed by atoms with van der Waals surface area (Å²) in [5, 5.41) is 1.05. The molecule has 1 unspecified atom stereocenters. The smallest absolute Gasteiger partial charge is 0.124 e. The number of alkyl halides is 2. The third-order valence-electron chi connectivity index (χ3n) is 1.87. The van der Waals surface area contributed by atoms with Crippen molar-refractivity contribution in [1.82, 2.24) is 0 Å². The molecule has 0 rings (SSSR count). The lowest BCUT2D eigenvalue weighted by atomic mass is 9.99. The molecule has 0 aromatic carbocycles. The number of rotatable bonds is 7. The minimum atomic E-state index is 0.273. The first-order chi connectivity index (χ1) is 5.76. The average molecular weight is 347 g/mol. The van der Waals surface area contributed by atoms with E-state index in [0.717, 1.165) is 30.9 Å². The van der Waals surface area contributed by atoms with Crippen molar-refractivity contribution in [2.75, 3.05) is 5.33 Å². The van der Waals surface area contributed by atoms with E-state index in [9.17, 15) is 4.79 Å². The van der Waals surface area contributed by atoms with E-state index < -0.39 is 0 Å². The van der Waals surface area contributed by atoms with Crippen LogP contribution in [0.3, 0.4) is 0 Å². The fraction of sp³-hybridized carbons (Fsp3) is 0.889. The molecule has 2 atom stereocenters. The van der Waals surface area contributed by atoms with Gasteiger partial charge in [-0.05, 0) is 19.3 Å². The Labute approximate surface area is 96.9 Å². The van der Waals surface area contributed by atoms with Crippen molar-refractivity contribution < 1.29 is 4.79 Å². The van der Waals surface area contributed by atoms with E-state index >= 15 is 0 Å². The molecule has 0 aromatic rings. The fourth-order valence-corrected chi connectivity index (χ4v) is 2.45. The van der Waals surface area contributed by atoms with Gasteiger partial charge in [0.2, 0.25) is 0 Å². The zero-order chi connectivity index (χ0) is 9.40. The molecule has 0 N–H and O–H groups in total. The standard InChI is InChI=1S/C9H16BrIO/c1-2-4-8(7-12)9(11)5-3-6-10/h7-9H,2-6H2,1H3/t8?,9-/m1/s1. The fourth-order valence-electron chi connectivity index (χ4n) is 1.15. The van der Waals surface area contributed by atoms with Crippen LogP contribution in [0.4, 0.5) is 0 Å². The molecule has 0 aliphatic rings. The molecule has 0 aromatic heterocycles. The van der Waals surface area contributed by atoms with Gasteiger partial charge in [-0.3, -0.25) is 0 Å². The van der Waals surface area contributed by atoms with Crippen molar-refractivity contribution in [2.45, 2.75) is 36.5 Å². The quantitative estimate of drug-likeness (QED) is 0.391. The Hall–Kier alpha value is 0.880. The summed E-state index contributed by atoms with van der Waals surface area (Å²) in [5.74, 6) is 0.273. The van der Waals surface area contributed by atoms with E-state index in [1.165, 1.54) is 6.42 Å². The molecule has 0 spiro atoms. The lowest BCUT2D eigenvalue weighted by Gasteiger charge is -2.15. The summed E-state index contributed by atoms with van der Waals surface area (Å²) in [4.78, 5) is 10.7. The second-order valence-corrected chi connectivity index (χ2v) is 5.33. The molecule has 12 heavy (non-hydrogen) atoms. The van der Waals surface area contributed by atoms with Crippen molar-refractivity contribution in [2.24, 2.45) is 5.92 Å². The number of aldehydes is 1. The van der Waals surface area contributed by atoms with Gasteiger partial charge in [-0.2, -0.15) is 0 Å². The van der Waals surface area contributed by atoms with E-state index in [1.807, 2.05) is 0 Å². The molecule has 0 saturated heterocycles.